The number of rotatable bonds is 7. The molecule has 34 heavy (non-hydrogen) atoms. The molecule has 2 N–H and O–H groups in total. The van der Waals surface area contributed by atoms with Crippen LogP contribution < -0.4 is 45.3 Å². The molecule has 0 aliphatic carbocycles. The zero-order valence-corrected chi connectivity index (χ0v) is 21.9. The minimum atomic E-state index is -1.38. The molecule has 2 atom stereocenters. The Labute approximate surface area is 224 Å². The first-order valence-corrected chi connectivity index (χ1v) is 10.6. The number of benzene rings is 2. The molecular weight excluding hydrogens is 469 g/mol. The van der Waals surface area contributed by atoms with E-state index in [0.29, 0.717) is 22.6 Å². The van der Waals surface area contributed by atoms with Crippen LogP contribution in [0.3, 0.4) is 0 Å². The Hall–Kier alpha value is -2.65. The fraction of sp³-hybridized carbons (Fsp3) is 0.250. The topological polar surface area (TPSA) is 119 Å². The number of halogens is 1. The monoisotopic (exact) mass is 491 g/mol. The van der Waals surface area contributed by atoms with Gasteiger partial charge in [0.1, 0.15) is 0 Å². The van der Waals surface area contributed by atoms with E-state index in [9.17, 15) is 24.3 Å². The first-order valence-electron chi connectivity index (χ1n) is 10.2. The van der Waals surface area contributed by atoms with Gasteiger partial charge in [0.15, 0.2) is 11.8 Å². The average molecular weight is 492 g/mol. The van der Waals surface area contributed by atoms with Gasteiger partial charge in [-0.2, -0.15) is 0 Å². The van der Waals surface area contributed by atoms with E-state index < -0.39 is 42.2 Å². The van der Waals surface area contributed by atoms with E-state index >= 15 is 0 Å². The minimum Gasteiger partial charge on any atom is -0.550 e. The molecule has 1 aliphatic heterocycles. The van der Waals surface area contributed by atoms with Gasteiger partial charge in [-0.25, -0.2) is 4.79 Å². The van der Waals surface area contributed by atoms with Crippen molar-refractivity contribution in [3.8, 4) is 0 Å². The first-order chi connectivity index (χ1) is 15.7. The van der Waals surface area contributed by atoms with Crippen molar-refractivity contribution >= 4 is 35.3 Å². The molecule has 0 saturated carbocycles. The number of amides is 3. The van der Waals surface area contributed by atoms with E-state index in [1.165, 1.54) is 18.1 Å². The van der Waals surface area contributed by atoms with Crippen LogP contribution in [-0.2, 0) is 20.8 Å². The number of nitrogens with zero attached hydrogens (tertiary/aromatic N) is 1. The molecule has 3 amide bonds. The minimum absolute atomic E-state index is 0. The number of carbonyl (C=O) groups excluding carboxylic acids is 4. The van der Waals surface area contributed by atoms with Crippen molar-refractivity contribution in [1.29, 1.82) is 0 Å². The molecule has 0 saturated heterocycles. The second kappa shape index (κ2) is 12.2. The van der Waals surface area contributed by atoms with Gasteiger partial charge in [0.05, 0.1) is 6.04 Å². The number of hydrogen-bond donors (Lipinski definition) is 2. The zero-order chi connectivity index (χ0) is 24.1. The summed E-state index contributed by atoms with van der Waals surface area (Å²) in [7, 11) is 1.48. The van der Waals surface area contributed by atoms with Crippen molar-refractivity contribution in [2.24, 2.45) is 0 Å². The van der Waals surface area contributed by atoms with Crippen LogP contribution in [0.2, 0.25) is 5.02 Å². The van der Waals surface area contributed by atoms with Crippen LogP contribution in [0.5, 0.6) is 0 Å². The molecule has 0 radical (unpaired) electrons. The van der Waals surface area contributed by atoms with E-state index in [0.717, 1.165) is 11.1 Å². The third kappa shape index (κ3) is 6.93. The van der Waals surface area contributed by atoms with Crippen molar-refractivity contribution < 1.29 is 53.8 Å². The summed E-state index contributed by atoms with van der Waals surface area (Å²) in [4.78, 5) is 49.8. The maximum absolute atomic E-state index is 12.6. The molecule has 0 bridgehead atoms. The second-order valence-electron chi connectivity index (χ2n) is 7.82. The Morgan fingerprint density at radius 3 is 2.53 bits per heavy atom. The largest absolute Gasteiger partial charge is 1.00 e. The Morgan fingerprint density at radius 2 is 1.85 bits per heavy atom. The van der Waals surface area contributed by atoms with E-state index in [1.54, 1.807) is 31.2 Å². The van der Waals surface area contributed by atoms with E-state index in [-0.39, 0.29) is 29.6 Å². The van der Waals surface area contributed by atoms with Crippen LogP contribution in [-0.4, -0.2) is 41.7 Å². The van der Waals surface area contributed by atoms with Crippen LogP contribution in [0.1, 0.15) is 36.1 Å². The van der Waals surface area contributed by atoms with Gasteiger partial charge >= 0.3 is 35.6 Å². The molecule has 2 aromatic rings. The number of hydrogen-bond acceptors (Lipinski definition) is 5. The average Bonchev–Trinajstić information content (AvgIpc) is 2.76. The molecule has 10 heteroatoms. The van der Waals surface area contributed by atoms with Gasteiger partial charge in [0.2, 0.25) is 0 Å². The molecule has 0 fully saturated rings. The third-order valence-electron chi connectivity index (χ3n) is 5.29. The third-order valence-corrected chi connectivity index (χ3v) is 5.66. The van der Waals surface area contributed by atoms with Gasteiger partial charge in [-0.3, -0.25) is 9.59 Å². The number of carbonyl (C=O) groups is 4. The van der Waals surface area contributed by atoms with Gasteiger partial charge < -0.3 is 25.4 Å². The van der Waals surface area contributed by atoms with Crippen molar-refractivity contribution in [2.45, 2.75) is 31.8 Å². The first kappa shape index (κ1) is 27.6. The predicted molar refractivity (Wildman–Crippen MR) is 120 cm³/mol. The van der Waals surface area contributed by atoms with Gasteiger partial charge in [0, 0.05) is 36.2 Å². The Morgan fingerprint density at radius 1 is 1.15 bits per heavy atom. The van der Waals surface area contributed by atoms with E-state index in [2.05, 4.69) is 10.6 Å². The smallest absolute Gasteiger partial charge is 0.550 e. The van der Waals surface area contributed by atoms with Gasteiger partial charge in [-0.05, 0) is 36.1 Å². The van der Waals surface area contributed by atoms with Crippen molar-refractivity contribution in [3.05, 3.63) is 82.0 Å². The number of ketones is 1. The van der Waals surface area contributed by atoms with Crippen LogP contribution in [0.15, 0.2) is 60.3 Å². The SMILES string of the molecule is CC1=CN(C)C(=O)C(NC(=O)NC(CC(=O)[O-])c2cccc(Cc3ccccc3Cl)c2)C1=O.[Na+]. The summed E-state index contributed by atoms with van der Waals surface area (Å²) in [5.74, 6) is -2.47. The molecule has 1 aliphatic rings. The summed E-state index contributed by atoms with van der Waals surface area (Å²) in [6.45, 7) is 1.54. The molecule has 3 rings (SSSR count). The van der Waals surface area contributed by atoms with Crippen LogP contribution in [0.25, 0.3) is 0 Å². The van der Waals surface area contributed by atoms with Crippen LogP contribution in [0, 0.1) is 0 Å². The Kier molecular flexibility index (Phi) is 9.88. The fourth-order valence-corrected chi connectivity index (χ4v) is 3.82. The molecule has 1 heterocycles. The van der Waals surface area contributed by atoms with E-state index in [4.69, 9.17) is 11.6 Å². The molecular formula is C24H23ClN3NaO5. The summed E-state index contributed by atoms with van der Waals surface area (Å²) in [6, 6.07) is 11.3. The maximum atomic E-state index is 12.6. The van der Waals surface area contributed by atoms with Crippen molar-refractivity contribution in [3.63, 3.8) is 0 Å². The fourth-order valence-electron chi connectivity index (χ4n) is 3.62. The maximum Gasteiger partial charge on any atom is 1.00 e. The number of likely N-dealkylation sites (N-methyl/N-ethyl adjacent to an activating group) is 1. The Balaban J connectivity index is 0.00000408. The molecule has 0 spiro atoms. The standard InChI is InChI=1S/C24H24ClN3O5.Na/c1-14-13-28(2)23(32)21(22(14)31)27-24(33)26-19(12-20(29)30)17-8-5-6-15(11-17)10-16-7-3-4-9-18(16)25;/h3-9,11,13,19,21H,10,12H2,1-2H3,(H,29,30)(H2,26,27,33);/q;+1/p-1. The van der Waals surface area contributed by atoms with Crippen molar-refractivity contribution in [2.75, 3.05) is 7.05 Å². The summed E-state index contributed by atoms with van der Waals surface area (Å²) < 4.78 is 0. The summed E-state index contributed by atoms with van der Waals surface area (Å²) >= 11 is 6.24. The van der Waals surface area contributed by atoms with E-state index in [1.807, 2.05) is 24.3 Å². The molecule has 2 unspecified atom stereocenters. The number of carboxylic acid groups (broad SMARTS) is 1. The van der Waals surface area contributed by atoms with Crippen LogP contribution in [0.4, 0.5) is 4.79 Å². The number of nitrogens with one attached hydrogen (secondary N) is 2. The Bertz CT molecular complexity index is 1140. The number of Topliss-reactive ketones (excluding diaryl/α,β-unsaturated/α-hetero) is 1. The van der Waals surface area contributed by atoms with Gasteiger partial charge in [0.25, 0.3) is 5.91 Å². The normalized spacial score (nSPS) is 16.3. The number of carboxylic acids is 1. The van der Waals surface area contributed by atoms with Gasteiger partial charge in [-0.15, -0.1) is 0 Å². The summed E-state index contributed by atoms with van der Waals surface area (Å²) in [6.07, 6.45) is 1.42. The van der Waals surface area contributed by atoms with Crippen molar-refractivity contribution in [1.82, 2.24) is 15.5 Å². The second-order valence-corrected chi connectivity index (χ2v) is 8.23. The number of aliphatic carboxylic acids is 1. The quantitative estimate of drug-likeness (QED) is 0.370. The molecule has 2 aromatic carbocycles. The molecule has 172 valence electrons. The van der Waals surface area contributed by atoms with Crippen LogP contribution >= 0.6 is 11.6 Å². The zero-order valence-electron chi connectivity index (χ0n) is 19.1. The van der Waals surface area contributed by atoms with Gasteiger partial charge in [-0.1, -0.05) is 54.1 Å². The predicted octanol–water partition coefficient (Wildman–Crippen LogP) is -1.27. The summed E-state index contributed by atoms with van der Waals surface area (Å²) in [5.41, 5.74) is 2.63. The summed E-state index contributed by atoms with van der Waals surface area (Å²) in [5, 5.41) is 16.9. The number of urea groups is 1. The molecule has 0 aromatic heterocycles. The molecule has 8 nitrogen and oxygen atoms in total.